The summed E-state index contributed by atoms with van der Waals surface area (Å²) in [5.41, 5.74) is 11.3. The van der Waals surface area contributed by atoms with Crippen LogP contribution in [0.1, 0.15) is 151 Å². The number of fused-ring (bicyclic) bond motifs is 5. The number of aromatic nitrogens is 2. The molecule has 71 heavy (non-hydrogen) atoms. The summed E-state index contributed by atoms with van der Waals surface area (Å²) in [7, 11) is 0. The molecule has 0 aliphatic heterocycles. The van der Waals surface area contributed by atoms with Gasteiger partial charge in [-0.1, -0.05) is 159 Å². The third-order valence-corrected chi connectivity index (χ3v) is 15.2. The molecule has 0 amide bonds. The summed E-state index contributed by atoms with van der Waals surface area (Å²) in [6.07, 6.45) is 20.3. The zero-order valence-electron chi connectivity index (χ0n) is 42.7. The van der Waals surface area contributed by atoms with Gasteiger partial charge in [0.15, 0.2) is 5.78 Å². The average Bonchev–Trinajstić information content (AvgIpc) is 4.17. The first kappa shape index (κ1) is 51.9. The summed E-state index contributed by atoms with van der Waals surface area (Å²) in [6, 6.07) is 35.9. The Morgan fingerprint density at radius 3 is 2.14 bits per heavy atom. The number of ketones is 1. The Labute approximate surface area is 434 Å². The first-order valence-electron chi connectivity index (χ1n) is 25.9. The van der Waals surface area contributed by atoms with Crippen LogP contribution in [0.15, 0.2) is 114 Å². The molecular weight excluding hydrogens is 1060 g/mol. The fourth-order valence-corrected chi connectivity index (χ4v) is 11.7. The maximum Gasteiger partial charge on any atom is 0.159 e. The van der Waals surface area contributed by atoms with Crippen molar-refractivity contribution in [3.63, 3.8) is 0 Å². The van der Waals surface area contributed by atoms with Crippen molar-refractivity contribution >= 4 is 49.3 Å². The number of para-hydroxylation sites is 1. The Hall–Kier alpha value is -5.49. The first-order valence-corrected chi connectivity index (χ1v) is 25.9. The molecule has 371 valence electrons. The monoisotopic (exact) mass is 1130 g/mol. The fraction of sp³-hybridized carbons (Fsp3) is 0.391. The second-order valence-electron chi connectivity index (χ2n) is 21.9. The van der Waals surface area contributed by atoms with E-state index in [1.807, 2.05) is 57.3 Å². The molecule has 0 saturated heterocycles. The molecular formula is C64H69FIrN2O3-2. The van der Waals surface area contributed by atoms with E-state index in [1.54, 1.807) is 12.3 Å². The number of benzene rings is 5. The molecule has 1 unspecified atom stereocenters. The number of aliphatic hydroxyl groups is 1. The van der Waals surface area contributed by atoms with Crippen molar-refractivity contribution in [2.75, 3.05) is 0 Å². The van der Waals surface area contributed by atoms with E-state index < -0.39 is 0 Å². The van der Waals surface area contributed by atoms with Crippen LogP contribution in [0.25, 0.3) is 66.0 Å². The topological polar surface area (TPSA) is 76.2 Å². The van der Waals surface area contributed by atoms with Gasteiger partial charge in [-0.2, -0.15) is 0 Å². The van der Waals surface area contributed by atoms with E-state index in [0.717, 1.165) is 56.1 Å². The molecule has 3 saturated carbocycles. The SMILES string of the molecule is Cc1[c-]c(-c2nccc3c(F)c(C(C)C)ccc23)c2oc3ccccc3c2c1.Cc1[c-]c(-c2nccc3cc(C4CCC(C)(C)C4)ccc23)cc(C)c1.O=C(/C=C(\O)CC1CCCC1)CC1CCCC1.[Ir]. The minimum absolute atomic E-state index is 0. The van der Waals surface area contributed by atoms with Gasteiger partial charge in [0.05, 0.1) is 11.3 Å². The van der Waals surface area contributed by atoms with Crippen LogP contribution >= 0.6 is 0 Å². The third kappa shape index (κ3) is 12.1. The van der Waals surface area contributed by atoms with E-state index in [2.05, 4.69) is 98.3 Å². The van der Waals surface area contributed by atoms with Gasteiger partial charge in [0.1, 0.15) is 11.4 Å². The van der Waals surface area contributed by atoms with Crippen LogP contribution in [0.4, 0.5) is 4.39 Å². The summed E-state index contributed by atoms with van der Waals surface area (Å²) < 4.78 is 21.3. The number of aryl methyl sites for hydroxylation is 3. The van der Waals surface area contributed by atoms with Crippen LogP contribution in [0.5, 0.6) is 0 Å². The number of pyridine rings is 2. The summed E-state index contributed by atoms with van der Waals surface area (Å²) >= 11 is 0. The van der Waals surface area contributed by atoms with E-state index in [0.29, 0.717) is 52.0 Å². The Morgan fingerprint density at radius 1 is 0.761 bits per heavy atom. The van der Waals surface area contributed by atoms with Gasteiger partial charge < -0.3 is 19.5 Å². The molecule has 7 heteroatoms. The van der Waals surface area contributed by atoms with E-state index in [1.165, 1.54) is 104 Å². The number of rotatable bonds is 9. The molecule has 5 aromatic carbocycles. The Balaban J connectivity index is 0.000000146. The smallest absolute Gasteiger partial charge is 0.159 e. The quantitative estimate of drug-likeness (QED) is 0.0885. The number of carbonyl (C=O) groups excluding carboxylic acids is 1. The zero-order chi connectivity index (χ0) is 49.1. The molecule has 3 fully saturated rings. The number of furan rings is 1. The predicted molar refractivity (Wildman–Crippen MR) is 287 cm³/mol. The fourth-order valence-electron chi connectivity index (χ4n) is 11.7. The Morgan fingerprint density at radius 2 is 1.44 bits per heavy atom. The molecule has 0 bridgehead atoms. The Kier molecular flexibility index (Phi) is 16.4. The first-order chi connectivity index (χ1) is 33.7. The molecule has 5 nitrogen and oxygen atoms in total. The van der Waals surface area contributed by atoms with Crippen LogP contribution in [-0.2, 0) is 24.9 Å². The molecule has 3 aromatic heterocycles. The standard InChI is InChI=1S/C25H19FNO.C24H26N.C15H24O2.Ir/c1-14(2)16-8-9-19-18(23(16)26)10-11-27-24(19)21-13-15(3)12-20-17-6-4-5-7-22(17)28-25(20)21;1-16-11-17(2)13-21(12-16)23-22-6-5-18(14-19(22)8-10-25-23)20-7-9-24(3,4)15-20;16-14(9-12-5-1-2-6-12)11-15(17)10-13-7-3-4-8-13;/h4-12,14H,1-3H3;5-6,8,10-12,14,20H,7,9,15H2,1-4H3;11-13,16H,1-10H2;/q2*-1;;/b;;14-11-;. The van der Waals surface area contributed by atoms with Gasteiger partial charge in [0.25, 0.3) is 0 Å². The van der Waals surface area contributed by atoms with Gasteiger partial charge in [-0.05, 0) is 105 Å². The van der Waals surface area contributed by atoms with Gasteiger partial charge in [-0.3, -0.25) is 4.79 Å². The molecule has 3 aliphatic rings. The van der Waals surface area contributed by atoms with E-state index in [-0.39, 0.29) is 37.6 Å². The number of allylic oxidation sites excluding steroid dienone is 2. The van der Waals surface area contributed by atoms with Crippen molar-refractivity contribution in [1.29, 1.82) is 0 Å². The minimum Gasteiger partial charge on any atom is -0.512 e. The number of hydrogen-bond acceptors (Lipinski definition) is 5. The number of nitrogens with zero attached hydrogens (tertiary/aromatic N) is 2. The van der Waals surface area contributed by atoms with E-state index >= 15 is 4.39 Å². The number of aliphatic hydroxyl groups excluding tert-OH is 1. The Bertz CT molecular complexity index is 3190. The van der Waals surface area contributed by atoms with Crippen molar-refractivity contribution in [3.05, 3.63) is 155 Å². The van der Waals surface area contributed by atoms with Gasteiger partial charge in [0, 0.05) is 62.2 Å². The van der Waals surface area contributed by atoms with Gasteiger partial charge in [-0.15, -0.1) is 52.6 Å². The van der Waals surface area contributed by atoms with E-state index in [9.17, 15) is 9.90 Å². The van der Waals surface area contributed by atoms with Gasteiger partial charge in [-0.25, -0.2) is 4.39 Å². The third-order valence-electron chi connectivity index (χ3n) is 15.2. The molecule has 1 atom stereocenters. The molecule has 11 rings (SSSR count). The molecule has 8 aromatic rings. The van der Waals surface area contributed by atoms with Crippen molar-refractivity contribution in [1.82, 2.24) is 9.97 Å². The number of hydrogen-bond donors (Lipinski definition) is 1. The zero-order valence-corrected chi connectivity index (χ0v) is 45.1. The molecule has 1 radical (unpaired) electrons. The maximum atomic E-state index is 15.1. The number of carbonyl (C=O) groups is 1. The van der Waals surface area contributed by atoms with Crippen LogP contribution in [0.3, 0.4) is 0 Å². The van der Waals surface area contributed by atoms with Crippen LogP contribution < -0.4 is 0 Å². The largest absolute Gasteiger partial charge is 0.512 e. The molecule has 1 N–H and O–H groups in total. The molecule has 3 aliphatic carbocycles. The van der Waals surface area contributed by atoms with Crippen molar-refractivity contribution < 1.29 is 38.8 Å². The van der Waals surface area contributed by atoms with Crippen molar-refractivity contribution in [2.45, 2.75) is 144 Å². The summed E-state index contributed by atoms with van der Waals surface area (Å²) in [6.45, 7) is 15.0. The summed E-state index contributed by atoms with van der Waals surface area (Å²) in [4.78, 5) is 21.0. The molecule has 0 spiro atoms. The van der Waals surface area contributed by atoms with Gasteiger partial charge in [0.2, 0.25) is 0 Å². The van der Waals surface area contributed by atoms with Crippen LogP contribution in [0, 0.1) is 56.0 Å². The average molecular weight is 1130 g/mol. The van der Waals surface area contributed by atoms with Crippen LogP contribution in [0.2, 0.25) is 0 Å². The van der Waals surface area contributed by atoms with Crippen molar-refractivity contribution in [3.8, 4) is 22.5 Å². The molecule has 3 heterocycles. The van der Waals surface area contributed by atoms with Gasteiger partial charge >= 0.3 is 0 Å². The normalized spacial score (nSPS) is 17.1. The maximum absolute atomic E-state index is 15.1. The number of halogens is 1. The van der Waals surface area contributed by atoms with E-state index in [4.69, 9.17) is 4.42 Å². The second-order valence-corrected chi connectivity index (χ2v) is 21.9. The summed E-state index contributed by atoms with van der Waals surface area (Å²) in [5, 5.41) is 15.7. The summed E-state index contributed by atoms with van der Waals surface area (Å²) in [5.74, 6) is 2.29. The van der Waals surface area contributed by atoms with Crippen molar-refractivity contribution in [2.24, 2.45) is 17.3 Å². The minimum atomic E-state index is -0.176. The second kappa shape index (κ2) is 22.5. The van der Waals surface area contributed by atoms with Crippen LogP contribution in [-0.4, -0.2) is 20.9 Å². The predicted octanol–water partition coefficient (Wildman–Crippen LogP) is 17.9.